The van der Waals surface area contributed by atoms with Gasteiger partial charge in [0.2, 0.25) is 11.8 Å². The highest BCUT2D eigenvalue weighted by Gasteiger charge is 2.58. The third kappa shape index (κ3) is 7.82. The van der Waals surface area contributed by atoms with Gasteiger partial charge in [-0.3, -0.25) is 19.6 Å². The molecule has 17 nitrogen and oxygen atoms in total. The number of nitrogens with one attached hydrogen (secondary N) is 3. The average Bonchev–Trinajstić information content (AvgIpc) is 4.04. The number of nitrogens with zero attached hydrogens (tertiary/aromatic N) is 6. The van der Waals surface area contributed by atoms with Crippen LogP contribution in [-0.4, -0.2) is 130 Å². The van der Waals surface area contributed by atoms with E-state index in [2.05, 4.69) is 45.9 Å². The number of aliphatic imine (C=N–C) groups is 1. The molecule has 5 aliphatic heterocycles. The van der Waals surface area contributed by atoms with Crippen molar-refractivity contribution < 1.29 is 38.1 Å². The molecule has 4 amide bonds. The Hall–Kier alpha value is -6.46. The second-order valence-corrected chi connectivity index (χ2v) is 19.7. The highest BCUT2D eigenvalue weighted by atomic mass is 16.5. The van der Waals surface area contributed by atoms with Gasteiger partial charge in [-0.2, -0.15) is 0 Å². The van der Waals surface area contributed by atoms with Gasteiger partial charge in [-0.25, -0.2) is 19.6 Å². The summed E-state index contributed by atoms with van der Waals surface area (Å²) in [6.45, 7) is 2.25. The van der Waals surface area contributed by atoms with E-state index in [0.29, 0.717) is 70.4 Å². The molecule has 2 aliphatic carbocycles. The van der Waals surface area contributed by atoms with Crippen LogP contribution in [-0.2, 0) is 35.0 Å². The molecular weight excluding hydrogens is 867 g/mol. The molecule has 12 rings (SSSR count). The molecule has 8 atom stereocenters. The summed E-state index contributed by atoms with van der Waals surface area (Å²) in [4.78, 5) is 81.1. The molecule has 3 aromatic carbocycles. The molecular formula is C51H55N9O8. The van der Waals surface area contributed by atoms with Crippen LogP contribution in [0.15, 0.2) is 65.8 Å². The second-order valence-electron chi connectivity index (χ2n) is 19.7. The van der Waals surface area contributed by atoms with Crippen molar-refractivity contribution in [1.82, 2.24) is 40.4 Å². The fourth-order valence-corrected chi connectivity index (χ4v) is 11.9. The molecule has 0 bridgehead atoms. The maximum atomic E-state index is 14.4. The zero-order valence-electron chi connectivity index (χ0n) is 38.2. The van der Waals surface area contributed by atoms with Crippen molar-refractivity contribution in [2.75, 3.05) is 40.6 Å². The first-order chi connectivity index (χ1) is 33.2. The molecule has 0 spiro atoms. The Morgan fingerprint density at radius 2 is 1.26 bits per heavy atom. The van der Waals surface area contributed by atoms with E-state index >= 15 is 0 Å². The van der Waals surface area contributed by atoms with Gasteiger partial charge < -0.3 is 44.4 Å². The van der Waals surface area contributed by atoms with Crippen LogP contribution in [0.2, 0.25) is 0 Å². The molecule has 68 heavy (non-hydrogen) atoms. The summed E-state index contributed by atoms with van der Waals surface area (Å²) >= 11 is 0. The molecule has 0 radical (unpaired) electrons. The summed E-state index contributed by atoms with van der Waals surface area (Å²) in [6, 6.07) is 17.1. The van der Waals surface area contributed by atoms with Gasteiger partial charge in [-0.1, -0.05) is 18.2 Å². The van der Waals surface area contributed by atoms with E-state index in [1.165, 1.54) is 14.2 Å². The smallest absolute Gasteiger partial charge is 0.407 e. The maximum Gasteiger partial charge on any atom is 0.407 e. The van der Waals surface area contributed by atoms with Crippen LogP contribution in [0, 0.1) is 23.7 Å². The predicted octanol–water partition coefficient (Wildman–Crippen LogP) is 6.42. The maximum absolute atomic E-state index is 14.4. The van der Waals surface area contributed by atoms with E-state index < -0.39 is 24.3 Å². The van der Waals surface area contributed by atoms with Crippen molar-refractivity contribution in [2.24, 2.45) is 28.7 Å². The number of aromatic amines is 1. The van der Waals surface area contributed by atoms with Crippen molar-refractivity contribution in [2.45, 2.75) is 94.0 Å². The molecule has 7 heterocycles. The third-order valence-corrected chi connectivity index (χ3v) is 15.7. The van der Waals surface area contributed by atoms with Gasteiger partial charge in [0.05, 0.1) is 65.9 Å². The molecule has 2 aromatic heterocycles. The molecule has 4 saturated heterocycles. The van der Waals surface area contributed by atoms with Gasteiger partial charge in [-0.05, 0) is 128 Å². The molecule has 5 aromatic rings. The number of imidazole rings is 1. The lowest BCUT2D eigenvalue weighted by atomic mass is 9.90. The third-order valence-electron chi connectivity index (χ3n) is 15.7. The number of fused-ring (bicyclic) bond motifs is 5. The topological polar surface area (TPSA) is 203 Å². The minimum Gasteiger partial charge on any atom is -0.453 e. The first-order valence-corrected chi connectivity index (χ1v) is 24.2. The predicted molar refractivity (Wildman–Crippen MR) is 250 cm³/mol. The number of carbonyl (C=O) groups is 4. The minimum absolute atomic E-state index is 0.0145. The summed E-state index contributed by atoms with van der Waals surface area (Å²) in [5, 5.41) is 5.74. The Labute approximate surface area is 392 Å². The fraction of sp³-hybridized carbons (Fsp3) is 0.490. The van der Waals surface area contributed by atoms with Crippen molar-refractivity contribution in [1.29, 1.82) is 0 Å². The summed E-state index contributed by atoms with van der Waals surface area (Å²) < 4.78 is 21.0. The minimum atomic E-state index is -0.692. The number of carbonyl (C=O) groups excluding carboxylic acids is 4. The zero-order chi connectivity index (χ0) is 46.2. The molecule has 3 N–H and O–H groups in total. The van der Waals surface area contributed by atoms with Crippen LogP contribution >= 0.6 is 0 Å². The summed E-state index contributed by atoms with van der Waals surface area (Å²) in [7, 11) is 2.65. The molecule has 17 heteroatoms. The lowest BCUT2D eigenvalue weighted by Crippen LogP contribution is -2.56. The van der Waals surface area contributed by atoms with Gasteiger partial charge in [0.1, 0.15) is 17.9 Å². The van der Waals surface area contributed by atoms with Crippen molar-refractivity contribution in [3.8, 4) is 22.4 Å². The van der Waals surface area contributed by atoms with Crippen LogP contribution in [0.5, 0.6) is 0 Å². The number of amides is 4. The lowest BCUT2D eigenvalue weighted by molar-refractivity contribution is -0.138. The van der Waals surface area contributed by atoms with Crippen LogP contribution in [0.3, 0.4) is 0 Å². The molecule has 7 aliphatic rings. The number of rotatable bonds is 10. The summed E-state index contributed by atoms with van der Waals surface area (Å²) in [5.74, 6) is 1.43. The molecule has 352 valence electrons. The van der Waals surface area contributed by atoms with Crippen LogP contribution in [0.1, 0.15) is 68.8 Å². The van der Waals surface area contributed by atoms with Crippen LogP contribution in [0.25, 0.3) is 44.5 Å². The zero-order valence-corrected chi connectivity index (χ0v) is 38.2. The highest BCUT2D eigenvalue weighted by molar-refractivity contribution is 6.02. The number of hydrogen-bond donors (Lipinski definition) is 3. The quantitative estimate of drug-likeness (QED) is 0.140. The van der Waals surface area contributed by atoms with Crippen molar-refractivity contribution >= 4 is 57.5 Å². The Bertz CT molecular complexity index is 2870. The lowest BCUT2D eigenvalue weighted by Gasteiger charge is -2.36. The number of aromatic nitrogens is 4. The Balaban J connectivity index is 0.743. The first-order valence-electron chi connectivity index (χ1n) is 24.2. The van der Waals surface area contributed by atoms with Crippen LogP contribution in [0.4, 0.5) is 15.3 Å². The van der Waals surface area contributed by atoms with Gasteiger partial charge in [0.25, 0.3) is 0 Å². The number of alkyl carbamates (subject to hydrolysis) is 2. The standard InChI is InChI=1S/C51H55N9O8/c1-65-50(63)57-45(26-9-13-67-14-10-26)48(61)59-41-21-32(41)23-43(59)39-20-31-17-28(3-6-34(31)53-39)29-4-7-35-37(18-29)52-25-40(54-35)30-5-8-36-38(19-30)56-47(55-36)44-24-33-22-42(33)60(44)49(62)46(58-51(64)66-2)27-11-15-68-16-12-27/h3-8,17-19,25-27,32-33,41-46H,9-16,20-24H2,1-2H3,(H,55,56)(H,57,63)(H,58,64)/t32-,33-,41-,42-,43+,44+,45+,46+/m1/s1. The highest BCUT2D eigenvalue weighted by Crippen LogP contribution is 2.54. The van der Waals surface area contributed by atoms with Crippen molar-refractivity contribution in [3.05, 3.63) is 72.2 Å². The fourth-order valence-electron chi connectivity index (χ4n) is 11.9. The van der Waals surface area contributed by atoms with E-state index in [0.717, 1.165) is 92.9 Å². The van der Waals surface area contributed by atoms with E-state index in [-0.39, 0.29) is 47.8 Å². The molecule has 0 unspecified atom stereocenters. The van der Waals surface area contributed by atoms with E-state index in [4.69, 9.17) is 38.9 Å². The Morgan fingerprint density at radius 1 is 0.676 bits per heavy atom. The van der Waals surface area contributed by atoms with E-state index in [1.807, 2.05) is 34.1 Å². The van der Waals surface area contributed by atoms with Crippen LogP contribution < -0.4 is 10.6 Å². The molecule has 6 fully saturated rings. The average molecular weight is 922 g/mol. The largest absolute Gasteiger partial charge is 0.453 e. The number of H-pyrrole nitrogens is 1. The van der Waals surface area contributed by atoms with Crippen molar-refractivity contribution in [3.63, 3.8) is 0 Å². The first kappa shape index (κ1) is 42.9. The Kier molecular flexibility index (Phi) is 10.9. The van der Waals surface area contributed by atoms with Gasteiger partial charge in [-0.15, -0.1) is 0 Å². The second kappa shape index (κ2) is 17.3. The van der Waals surface area contributed by atoms with Gasteiger partial charge in [0, 0.05) is 56.2 Å². The van der Waals surface area contributed by atoms with Gasteiger partial charge >= 0.3 is 12.2 Å². The number of benzene rings is 3. The normalized spacial score (nSPS) is 26.1. The number of likely N-dealkylation sites (tertiary alicyclic amines) is 2. The summed E-state index contributed by atoms with van der Waals surface area (Å²) in [5.41, 5.74) is 9.93. The number of hydrogen-bond acceptors (Lipinski definition) is 12. The van der Waals surface area contributed by atoms with E-state index in [9.17, 15) is 19.2 Å². The summed E-state index contributed by atoms with van der Waals surface area (Å²) in [6.07, 6.45) is 7.71. The van der Waals surface area contributed by atoms with E-state index in [1.54, 1.807) is 6.20 Å². The number of piperidine rings is 2. The Morgan fingerprint density at radius 3 is 1.93 bits per heavy atom. The number of methoxy groups -OCH3 is 2. The SMILES string of the molecule is COC(=O)N[C@H](C(=O)N1[C@@H]2C[C@@H]2C[C@H]1C1=Nc2ccc(-c3ccc4nc(-c5ccc6nc([C@@H]7C[C@H]8C[C@H]8N7C(=O)[C@@H](NC(=O)OC)C7CCOCC7)[nH]c6c5)cnc4c3)cc2C1)C1CCOCC1. The number of ether oxygens (including phenoxy) is 4. The van der Waals surface area contributed by atoms with Gasteiger partial charge in [0.15, 0.2) is 0 Å². The monoisotopic (exact) mass is 921 g/mol. The molecule has 2 saturated carbocycles.